The van der Waals surface area contributed by atoms with E-state index in [1.165, 1.54) is 0 Å². The van der Waals surface area contributed by atoms with Crippen LogP contribution >= 0.6 is 0 Å². The molecule has 0 amide bonds. The summed E-state index contributed by atoms with van der Waals surface area (Å²) in [5.74, 6) is -5.40. The number of hydrogen-bond donors (Lipinski definition) is 0. The molecule has 14 heavy (non-hydrogen) atoms. The van der Waals surface area contributed by atoms with Crippen molar-refractivity contribution in [2.24, 2.45) is 0 Å². The maximum atomic E-state index is 12.0. The SMILES string of the molecule is C=C(CC(F)(F)C(F)(F)F)C(F)(F)F. The molecule has 0 unspecified atom stereocenters. The van der Waals surface area contributed by atoms with Gasteiger partial charge in [0.05, 0.1) is 6.42 Å². The molecule has 0 spiro atoms. The number of hydrogen-bond acceptors (Lipinski definition) is 0. The molecule has 0 aromatic heterocycles. The van der Waals surface area contributed by atoms with Crippen molar-refractivity contribution in [3.05, 3.63) is 12.2 Å². The van der Waals surface area contributed by atoms with Gasteiger partial charge >= 0.3 is 18.3 Å². The summed E-state index contributed by atoms with van der Waals surface area (Å²) in [7, 11) is 0. The minimum Gasteiger partial charge on any atom is -0.196 e. The predicted octanol–water partition coefficient (Wildman–Crippen LogP) is 3.69. The maximum Gasteiger partial charge on any atom is 0.453 e. The van der Waals surface area contributed by atoms with Crippen LogP contribution in [0.2, 0.25) is 0 Å². The van der Waals surface area contributed by atoms with Crippen LogP contribution in [0, 0.1) is 0 Å². The van der Waals surface area contributed by atoms with Crippen molar-refractivity contribution in [2.75, 3.05) is 0 Å². The number of allylic oxidation sites excluding steroid dienone is 1. The molecule has 84 valence electrons. The summed E-state index contributed by atoms with van der Waals surface area (Å²) >= 11 is 0. The van der Waals surface area contributed by atoms with Gasteiger partial charge in [-0.05, 0) is 0 Å². The lowest BCUT2D eigenvalue weighted by molar-refractivity contribution is -0.283. The van der Waals surface area contributed by atoms with E-state index in [0.717, 1.165) is 0 Å². The maximum absolute atomic E-state index is 12.0. The Labute approximate surface area is 73.2 Å². The fourth-order valence-corrected chi connectivity index (χ4v) is 0.468. The van der Waals surface area contributed by atoms with Crippen LogP contribution in [0.5, 0.6) is 0 Å². The molecule has 0 aliphatic carbocycles. The Hall–Kier alpha value is -0.820. The fraction of sp³-hybridized carbons (Fsp3) is 0.667. The third-order valence-corrected chi connectivity index (χ3v) is 1.25. The van der Waals surface area contributed by atoms with Crippen LogP contribution in [0.3, 0.4) is 0 Å². The smallest absolute Gasteiger partial charge is 0.196 e. The molecule has 8 heteroatoms. The fourth-order valence-electron chi connectivity index (χ4n) is 0.468. The van der Waals surface area contributed by atoms with Gasteiger partial charge in [-0.2, -0.15) is 35.1 Å². The first-order chi connectivity index (χ1) is 5.88. The van der Waals surface area contributed by atoms with Crippen LogP contribution in [-0.2, 0) is 0 Å². The van der Waals surface area contributed by atoms with Gasteiger partial charge in [0.25, 0.3) is 0 Å². The Kier molecular flexibility index (Phi) is 3.19. The lowest BCUT2D eigenvalue weighted by Crippen LogP contribution is -2.38. The first-order valence-corrected chi connectivity index (χ1v) is 3.07. The Bertz CT molecular complexity index is 219. The van der Waals surface area contributed by atoms with E-state index in [9.17, 15) is 35.1 Å². The van der Waals surface area contributed by atoms with Crippen molar-refractivity contribution in [3.8, 4) is 0 Å². The first kappa shape index (κ1) is 13.2. The van der Waals surface area contributed by atoms with Crippen molar-refractivity contribution in [3.63, 3.8) is 0 Å². The number of alkyl halides is 8. The quantitative estimate of drug-likeness (QED) is 0.499. The van der Waals surface area contributed by atoms with Crippen LogP contribution < -0.4 is 0 Å². The second-order valence-corrected chi connectivity index (χ2v) is 2.48. The molecule has 0 aliphatic rings. The third kappa shape index (κ3) is 3.15. The minimum absolute atomic E-state index is 2.11. The Morgan fingerprint density at radius 3 is 1.43 bits per heavy atom. The van der Waals surface area contributed by atoms with Gasteiger partial charge in [0.1, 0.15) is 0 Å². The van der Waals surface area contributed by atoms with Gasteiger partial charge in [-0.1, -0.05) is 6.58 Å². The van der Waals surface area contributed by atoms with Crippen molar-refractivity contribution >= 4 is 0 Å². The average molecular weight is 228 g/mol. The summed E-state index contributed by atoms with van der Waals surface area (Å²) in [6.07, 6.45) is -13.7. The molecule has 0 atom stereocenters. The second-order valence-electron chi connectivity index (χ2n) is 2.48. The summed E-state index contributed by atoms with van der Waals surface area (Å²) in [5.41, 5.74) is -2.11. The molecule has 0 saturated heterocycles. The van der Waals surface area contributed by atoms with Gasteiger partial charge in [0.2, 0.25) is 0 Å². The zero-order valence-electron chi connectivity index (χ0n) is 6.44. The highest BCUT2D eigenvalue weighted by Gasteiger charge is 2.59. The molecule has 0 radical (unpaired) electrons. The van der Waals surface area contributed by atoms with Gasteiger partial charge in [-0.3, -0.25) is 0 Å². The van der Waals surface area contributed by atoms with E-state index in [2.05, 4.69) is 6.58 Å². The van der Waals surface area contributed by atoms with E-state index in [4.69, 9.17) is 0 Å². The molecule has 0 saturated carbocycles. The Balaban J connectivity index is 4.62. The Morgan fingerprint density at radius 2 is 1.21 bits per heavy atom. The molecule has 0 nitrogen and oxygen atoms in total. The van der Waals surface area contributed by atoms with Crippen molar-refractivity contribution < 1.29 is 35.1 Å². The van der Waals surface area contributed by atoms with Crippen LogP contribution in [0.15, 0.2) is 12.2 Å². The van der Waals surface area contributed by atoms with E-state index >= 15 is 0 Å². The number of rotatable bonds is 2. The molecule has 0 aliphatic heterocycles. The summed E-state index contributed by atoms with van der Waals surface area (Å²) in [6, 6.07) is 0. The highest BCUT2D eigenvalue weighted by Crippen LogP contribution is 2.42. The number of halogens is 8. The molecule has 0 fully saturated rings. The summed E-state index contributed by atoms with van der Waals surface area (Å²) in [5, 5.41) is 0. The molecule has 0 bridgehead atoms. The molecule has 0 heterocycles. The lowest BCUT2D eigenvalue weighted by atomic mass is 10.1. The monoisotopic (exact) mass is 228 g/mol. The van der Waals surface area contributed by atoms with E-state index in [1.54, 1.807) is 0 Å². The molecule has 0 N–H and O–H groups in total. The highest BCUT2D eigenvalue weighted by molar-refractivity contribution is 5.06. The first-order valence-electron chi connectivity index (χ1n) is 3.07. The predicted molar refractivity (Wildman–Crippen MR) is 30.8 cm³/mol. The van der Waals surface area contributed by atoms with Crippen LogP contribution in [0.25, 0.3) is 0 Å². The second kappa shape index (κ2) is 3.39. The van der Waals surface area contributed by atoms with Gasteiger partial charge < -0.3 is 0 Å². The lowest BCUT2D eigenvalue weighted by Gasteiger charge is -2.21. The summed E-state index contributed by atoms with van der Waals surface area (Å²) in [6.45, 7) is 2.12. The minimum atomic E-state index is -6.00. The van der Waals surface area contributed by atoms with Gasteiger partial charge in [0, 0.05) is 5.57 Å². The normalized spacial score (nSPS) is 14.3. The third-order valence-electron chi connectivity index (χ3n) is 1.25. The van der Waals surface area contributed by atoms with E-state index in [0.29, 0.717) is 0 Å². The van der Waals surface area contributed by atoms with E-state index in [-0.39, 0.29) is 0 Å². The molecule has 0 rings (SSSR count). The molecular weight excluding hydrogens is 224 g/mol. The van der Waals surface area contributed by atoms with Crippen LogP contribution in [0.4, 0.5) is 35.1 Å². The van der Waals surface area contributed by atoms with Crippen LogP contribution in [-0.4, -0.2) is 18.3 Å². The highest BCUT2D eigenvalue weighted by atomic mass is 19.4. The van der Waals surface area contributed by atoms with Crippen LogP contribution in [0.1, 0.15) is 6.42 Å². The Morgan fingerprint density at radius 1 is 0.857 bits per heavy atom. The molecular formula is C6H4F8. The van der Waals surface area contributed by atoms with Gasteiger partial charge in [0.15, 0.2) is 0 Å². The van der Waals surface area contributed by atoms with Crippen molar-refractivity contribution in [1.82, 2.24) is 0 Å². The zero-order chi connectivity index (χ0) is 11.8. The topological polar surface area (TPSA) is 0 Å². The molecule has 0 aromatic rings. The largest absolute Gasteiger partial charge is 0.453 e. The summed E-state index contributed by atoms with van der Waals surface area (Å²) in [4.78, 5) is 0. The van der Waals surface area contributed by atoms with Crippen molar-refractivity contribution in [1.29, 1.82) is 0 Å². The summed E-state index contributed by atoms with van der Waals surface area (Å²) < 4.78 is 93.0. The standard InChI is InChI=1S/C6H4F8/c1-3(5(9,10)11)2-4(7,8)6(12,13)14/h1-2H2. The van der Waals surface area contributed by atoms with E-state index < -0.39 is 30.3 Å². The van der Waals surface area contributed by atoms with Gasteiger partial charge in [-0.25, -0.2) is 0 Å². The zero-order valence-corrected chi connectivity index (χ0v) is 6.44. The van der Waals surface area contributed by atoms with E-state index in [1.807, 2.05) is 0 Å². The average Bonchev–Trinajstić information content (AvgIpc) is 1.80. The molecule has 0 aromatic carbocycles. The van der Waals surface area contributed by atoms with Gasteiger partial charge in [-0.15, -0.1) is 0 Å². The van der Waals surface area contributed by atoms with Crippen molar-refractivity contribution in [2.45, 2.75) is 24.7 Å².